The average Bonchev–Trinajstić information content (AvgIpc) is 3.01. The van der Waals surface area contributed by atoms with E-state index in [1.54, 1.807) is 48.5 Å². The van der Waals surface area contributed by atoms with E-state index in [4.69, 9.17) is 9.47 Å². The minimum Gasteiger partial charge on any atom is -0.423 e. The Balaban J connectivity index is 1.43. The van der Waals surface area contributed by atoms with Crippen molar-refractivity contribution < 1.29 is 19.1 Å². The lowest BCUT2D eigenvalue weighted by Gasteiger charge is -2.07. The summed E-state index contributed by atoms with van der Waals surface area (Å²) in [6.45, 7) is 4.42. The number of ether oxygens (including phenoxy) is 2. The summed E-state index contributed by atoms with van der Waals surface area (Å²) in [6, 6.07) is 20.6. The van der Waals surface area contributed by atoms with Gasteiger partial charge in [0, 0.05) is 24.0 Å². The third kappa shape index (κ3) is 12.1. The minimum absolute atomic E-state index is 0.361. The second kappa shape index (κ2) is 19.0. The van der Waals surface area contributed by atoms with Crippen LogP contribution in [0, 0.1) is 23.7 Å². The Bertz CT molecular complexity index is 1250. The van der Waals surface area contributed by atoms with Gasteiger partial charge >= 0.3 is 11.9 Å². The smallest absolute Gasteiger partial charge is 0.343 e. The van der Waals surface area contributed by atoms with Gasteiger partial charge in [-0.05, 0) is 85.6 Å². The first-order valence-electron chi connectivity index (χ1n) is 15.3. The summed E-state index contributed by atoms with van der Waals surface area (Å²) in [5.74, 6) is 12.5. The molecule has 42 heavy (non-hydrogen) atoms. The third-order valence-corrected chi connectivity index (χ3v) is 6.76. The summed E-state index contributed by atoms with van der Waals surface area (Å²) in [7, 11) is 0. The van der Waals surface area contributed by atoms with Crippen LogP contribution in [0.3, 0.4) is 0 Å². The van der Waals surface area contributed by atoms with E-state index in [9.17, 15) is 9.59 Å². The van der Waals surface area contributed by atoms with Crippen LogP contribution >= 0.6 is 0 Å². The summed E-state index contributed by atoms with van der Waals surface area (Å²) < 4.78 is 11.0. The monoisotopic (exact) mass is 562 g/mol. The first-order valence-corrected chi connectivity index (χ1v) is 15.3. The maximum atomic E-state index is 12.6. The molecular formula is C38H42O4. The van der Waals surface area contributed by atoms with Crippen LogP contribution in [0.1, 0.15) is 123 Å². The van der Waals surface area contributed by atoms with Gasteiger partial charge in [-0.1, -0.05) is 88.9 Å². The van der Waals surface area contributed by atoms with Crippen molar-refractivity contribution in [2.45, 2.75) is 90.9 Å². The van der Waals surface area contributed by atoms with Crippen molar-refractivity contribution in [1.82, 2.24) is 0 Å². The van der Waals surface area contributed by atoms with Crippen molar-refractivity contribution in [2.75, 3.05) is 0 Å². The Hall–Kier alpha value is -4.28. The molecule has 0 N–H and O–H groups in total. The fourth-order valence-corrected chi connectivity index (χ4v) is 4.25. The normalized spacial score (nSPS) is 10.1. The lowest BCUT2D eigenvalue weighted by Crippen LogP contribution is -2.09. The van der Waals surface area contributed by atoms with Crippen molar-refractivity contribution in [3.63, 3.8) is 0 Å². The molecule has 3 aromatic carbocycles. The Morgan fingerprint density at radius 1 is 0.500 bits per heavy atom. The van der Waals surface area contributed by atoms with Crippen LogP contribution in [0.15, 0.2) is 72.8 Å². The topological polar surface area (TPSA) is 52.6 Å². The van der Waals surface area contributed by atoms with E-state index in [1.165, 1.54) is 51.4 Å². The molecule has 218 valence electrons. The Labute approximate surface area is 251 Å². The van der Waals surface area contributed by atoms with E-state index >= 15 is 0 Å². The van der Waals surface area contributed by atoms with Gasteiger partial charge in [-0.25, -0.2) is 9.59 Å². The zero-order valence-corrected chi connectivity index (χ0v) is 25.0. The molecule has 0 radical (unpaired) electrons. The van der Waals surface area contributed by atoms with E-state index in [2.05, 4.69) is 37.5 Å². The summed E-state index contributed by atoms with van der Waals surface area (Å²) >= 11 is 0. The number of rotatable bonds is 14. The van der Waals surface area contributed by atoms with Gasteiger partial charge in [-0.15, -0.1) is 0 Å². The molecular weight excluding hydrogens is 520 g/mol. The highest BCUT2D eigenvalue weighted by atomic mass is 16.5. The third-order valence-electron chi connectivity index (χ3n) is 6.76. The number of esters is 2. The zero-order valence-electron chi connectivity index (χ0n) is 25.0. The number of unbranched alkanes of at least 4 members (excludes halogenated alkanes) is 10. The van der Waals surface area contributed by atoms with Gasteiger partial charge in [0.05, 0.1) is 11.1 Å². The van der Waals surface area contributed by atoms with Crippen LogP contribution in [0.4, 0.5) is 0 Å². The molecule has 0 aliphatic carbocycles. The summed E-state index contributed by atoms with van der Waals surface area (Å²) in [4.78, 5) is 25.1. The van der Waals surface area contributed by atoms with Gasteiger partial charge in [0.25, 0.3) is 0 Å². The van der Waals surface area contributed by atoms with Crippen molar-refractivity contribution in [3.05, 3.63) is 95.1 Å². The Morgan fingerprint density at radius 2 is 0.857 bits per heavy atom. The maximum Gasteiger partial charge on any atom is 0.343 e. The zero-order chi connectivity index (χ0) is 29.8. The molecule has 4 nitrogen and oxygen atoms in total. The fraction of sp³-hybridized carbons (Fsp3) is 0.368. The van der Waals surface area contributed by atoms with Crippen LogP contribution in [0.2, 0.25) is 0 Å². The van der Waals surface area contributed by atoms with E-state index in [0.29, 0.717) is 22.6 Å². The number of carbonyl (C=O) groups excluding carboxylic acids is 2. The Kier molecular flexibility index (Phi) is 14.5. The Morgan fingerprint density at radius 3 is 1.21 bits per heavy atom. The van der Waals surface area contributed by atoms with Gasteiger partial charge < -0.3 is 9.47 Å². The molecule has 0 unspecified atom stereocenters. The number of hydrogen-bond acceptors (Lipinski definition) is 4. The second-order valence-electron chi connectivity index (χ2n) is 10.3. The number of hydrogen-bond donors (Lipinski definition) is 0. The van der Waals surface area contributed by atoms with Crippen LogP contribution in [0.5, 0.6) is 11.5 Å². The van der Waals surface area contributed by atoms with Crippen molar-refractivity contribution in [1.29, 1.82) is 0 Å². The molecule has 0 aromatic heterocycles. The predicted octanol–water partition coefficient (Wildman–Crippen LogP) is 9.55. The van der Waals surface area contributed by atoms with Crippen LogP contribution in [-0.2, 0) is 0 Å². The molecule has 3 rings (SSSR count). The quantitative estimate of drug-likeness (QED) is 0.0850. The molecule has 3 aromatic rings. The second-order valence-corrected chi connectivity index (χ2v) is 10.3. The van der Waals surface area contributed by atoms with Crippen LogP contribution in [-0.4, -0.2) is 11.9 Å². The molecule has 0 bridgehead atoms. The predicted molar refractivity (Wildman–Crippen MR) is 170 cm³/mol. The highest BCUT2D eigenvalue weighted by Gasteiger charge is 2.11. The largest absolute Gasteiger partial charge is 0.423 e. The molecule has 0 atom stereocenters. The van der Waals surface area contributed by atoms with E-state index in [1.807, 2.05) is 24.3 Å². The molecule has 0 heterocycles. The van der Waals surface area contributed by atoms with E-state index < -0.39 is 11.9 Å². The molecule has 0 saturated heterocycles. The molecule has 0 saturated carbocycles. The summed E-state index contributed by atoms with van der Waals surface area (Å²) in [5, 5.41) is 0. The van der Waals surface area contributed by atoms with Crippen LogP contribution in [0.25, 0.3) is 0 Å². The van der Waals surface area contributed by atoms with Gasteiger partial charge in [0.15, 0.2) is 0 Å². The van der Waals surface area contributed by atoms with Gasteiger partial charge in [-0.2, -0.15) is 0 Å². The van der Waals surface area contributed by atoms with E-state index in [0.717, 1.165) is 36.8 Å². The van der Waals surface area contributed by atoms with Crippen molar-refractivity contribution in [2.24, 2.45) is 0 Å². The van der Waals surface area contributed by atoms with E-state index in [-0.39, 0.29) is 0 Å². The lowest BCUT2D eigenvalue weighted by molar-refractivity contribution is 0.0719. The standard InChI is InChI=1S/C38H42O4/c1-3-5-7-9-11-13-15-17-31-19-23-33(24-20-31)37(39)41-35-27-29-36(30-28-35)42-38(40)34-25-21-32(22-26-34)18-16-14-12-10-8-6-4-2/h19-30H,3-14H2,1-2H3. The first-order chi connectivity index (χ1) is 20.6. The van der Waals surface area contributed by atoms with Gasteiger partial charge in [0.1, 0.15) is 11.5 Å². The molecule has 0 aliphatic heterocycles. The molecule has 0 fully saturated rings. The van der Waals surface area contributed by atoms with Crippen molar-refractivity contribution >= 4 is 11.9 Å². The minimum atomic E-state index is -0.463. The highest BCUT2D eigenvalue weighted by Crippen LogP contribution is 2.20. The average molecular weight is 563 g/mol. The fourth-order valence-electron chi connectivity index (χ4n) is 4.25. The summed E-state index contributed by atoms with van der Waals surface area (Å²) in [6.07, 6.45) is 14.1. The van der Waals surface area contributed by atoms with Gasteiger partial charge in [-0.3, -0.25) is 0 Å². The number of benzene rings is 3. The molecule has 0 amide bonds. The van der Waals surface area contributed by atoms with Crippen molar-refractivity contribution in [3.8, 4) is 35.2 Å². The maximum absolute atomic E-state index is 12.6. The first kappa shape index (κ1) is 32.2. The molecule has 4 heteroatoms. The number of carbonyl (C=O) groups is 2. The molecule has 0 aliphatic rings. The molecule has 0 spiro atoms. The highest BCUT2D eigenvalue weighted by molar-refractivity contribution is 5.92. The SMILES string of the molecule is CCCCCCCC#Cc1ccc(C(=O)Oc2ccc(OC(=O)c3ccc(C#CCCCCCCC)cc3)cc2)cc1. The van der Waals surface area contributed by atoms with Gasteiger partial charge in [0.2, 0.25) is 0 Å². The lowest BCUT2D eigenvalue weighted by atomic mass is 10.1. The van der Waals surface area contributed by atoms with Crippen LogP contribution < -0.4 is 9.47 Å². The summed E-state index contributed by atoms with van der Waals surface area (Å²) in [5.41, 5.74) is 2.63.